The molecule has 0 saturated heterocycles. The third kappa shape index (κ3) is 8.54. The maximum atomic E-state index is 9.79. The van der Waals surface area contributed by atoms with E-state index in [9.17, 15) is 8.42 Å². The Hall–Kier alpha value is -1.44. The lowest BCUT2D eigenvalue weighted by Gasteiger charge is -2.32. The van der Waals surface area contributed by atoms with E-state index in [4.69, 9.17) is 21.9 Å². The van der Waals surface area contributed by atoms with E-state index in [2.05, 4.69) is 35.6 Å². The highest BCUT2D eigenvalue weighted by atomic mass is 35.5. The molecule has 7 heteroatoms. The van der Waals surface area contributed by atoms with Gasteiger partial charge in [-0.1, -0.05) is 54.9 Å². The lowest BCUT2D eigenvalue weighted by Crippen LogP contribution is -2.34. The molecule has 0 fully saturated rings. The lowest BCUT2D eigenvalue weighted by molar-refractivity contribution is 0.467. The van der Waals surface area contributed by atoms with Crippen molar-refractivity contribution in [2.75, 3.05) is 19.3 Å². The minimum Gasteiger partial charge on any atom is -0.327 e. The Morgan fingerprint density at radius 2 is 1.97 bits per heavy atom. The molecule has 3 rings (SSSR count). The maximum absolute atomic E-state index is 9.79. The fraction of sp³-hybridized carbons (Fsp3) is 0.500. The van der Waals surface area contributed by atoms with E-state index in [-0.39, 0.29) is 11.8 Å². The summed E-state index contributed by atoms with van der Waals surface area (Å²) in [6.45, 7) is 2.74. The van der Waals surface area contributed by atoms with Crippen LogP contribution in [0.2, 0.25) is 5.02 Å². The monoisotopic (exact) mass is 466 g/mol. The van der Waals surface area contributed by atoms with Crippen molar-refractivity contribution in [3.63, 3.8) is 0 Å². The van der Waals surface area contributed by atoms with Gasteiger partial charge in [0, 0.05) is 17.0 Å². The van der Waals surface area contributed by atoms with Crippen molar-refractivity contribution in [1.82, 2.24) is 5.32 Å². The first-order chi connectivity index (χ1) is 14.7. The molecule has 0 bridgehead atoms. The topological polar surface area (TPSA) is 92.4 Å². The van der Waals surface area contributed by atoms with Gasteiger partial charge in [0.05, 0.1) is 5.75 Å². The second-order valence-corrected chi connectivity index (χ2v) is 10.1. The molecule has 0 aliphatic heterocycles. The van der Waals surface area contributed by atoms with Crippen LogP contribution in [0.4, 0.5) is 0 Å². The summed E-state index contributed by atoms with van der Waals surface area (Å²) in [4.78, 5) is 0. The van der Waals surface area contributed by atoms with Gasteiger partial charge in [0.15, 0.2) is 0 Å². The van der Waals surface area contributed by atoms with Crippen LogP contribution in [0, 0.1) is 0 Å². The molecule has 172 valence electrons. The highest BCUT2D eigenvalue weighted by molar-refractivity contribution is 7.85. The number of nitrogens with two attached hydrogens (primary N) is 1. The average Bonchev–Trinajstić information content (AvgIpc) is 2.71. The van der Waals surface area contributed by atoms with Crippen LogP contribution in [0.3, 0.4) is 0 Å². The number of nitrogens with one attached hydrogen (secondary N) is 1. The summed E-state index contributed by atoms with van der Waals surface area (Å²) in [5.41, 5.74) is 12.0. The summed E-state index contributed by atoms with van der Waals surface area (Å²) in [5, 5.41) is 4.07. The van der Waals surface area contributed by atoms with Crippen LogP contribution in [0.25, 0.3) is 0 Å². The Balaban J connectivity index is 0.000000423. The molecule has 5 nitrogen and oxygen atoms in total. The normalized spacial score (nSPS) is 18.1. The average molecular weight is 467 g/mol. The Kier molecular flexibility index (Phi) is 10.5. The van der Waals surface area contributed by atoms with Crippen molar-refractivity contribution in [3.8, 4) is 0 Å². The van der Waals surface area contributed by atoms with Crippen LogP contribution in [-0.4, -0.2) is 38.4 Å². The standard InChI is InChI=1S/C21H27ClN2.C3H8O3S/c1-24-12-4-5-15-8-9-16-10-11-21(23)19(18(16)13-15)14-17-6-2-3-7-20(17)22;1-2-3-7(4,5)6/h2-3,6-9,13,19,21,24H,4-5,10-12,14,23H2,1H3;2-3H2,1H3,(H,4,5,6). The second kappa shape index (κ2) is 12.6. The summed E-state index contributed by atoms with van der Waals surface area (Å²) < 4.78 is 27.6. The Morgan fingerprint density at radius 1 is 1.23 bits per heavy atom. The lowest BCUT2D eigenvalue weighted by atomic mass is 9.76. The number of fused-ring (bicyclic) bond motifs is 1. The first kappa shape index (κ1) is 25.8. The van der Waals surface area contributed by atoms with Gasteiger partial charge in [-0.3, -0.25) is 4.55 Å². The van der Waals surface area contributed by atoms with Gasteiger partial charge in [0.1, 0.15) is 0 Å². The number of hydrogen-bond donors (Lipinski definition) is 3. The summed E-state index contributed by atoms with van der Waals surface area (Å²) in [6.07, 6.45) is 5.82. The smallest absolute Gasteiger partial charge is 0.264 e. The van der Waals surface area contributed by atoms with Crippen LogP contribution in [0.15, 0.2) is 42.5 Å². The SMILES string of the molecule is CCCS(=O)(=O)O.CNCCCc1ccc2c(c1)C(Cc1ccccc1Cl)C(N)CC2. The Bertz CT molecular complexity index is 934. The molecule has 31 heavy (non-hydrogen) atoms. The maximum Gasteiger partial charge on any atom is 0.264 e. The fourth-order valence-corrected chi connectivity index (χ4v) is 4.74. The van der Waals surface area contributed by atoms with E-state index in [1.54, 1.807) is 6.92 Å². The van der Waals surface area contributed by atoms with Gasteiger partial charge in [-0.15, -0.1) is 0 Å². The highest BCUT2D eigenvalue weighted by Crippen LogP contribution is 2.35. The third-order valence-corrected chi connectivity index (χ3v) is 6.92. The van der Waals surface area contributed by atoms with E-state index in [0.717, 1.165) is 43.7 Å². The molecule has 2 aromatic rings. The molecule has 0 radical (unpaired) electrons. The van der Waals surface area contributed by atoms with E-state index in [1.807, 2.05) is 19.2 Å². The van der Waals surface area contributed by atoms with Crippen molar-refractivity contribution in [2.45, 2.75) is 57.4 Å². The molecular formula is C24H35ClN2O3S. The van der Waals surface area contributed by atoms with Gasteiger partial charge >= 0.3 is 0 Å². The Labute approximate surface area is 192 Å². The van der Waals surface area contributed by atoms with Crippen molar-refractivity contribution in [2.24, 2.45) is 5.73 Å². The van der Waals surface area contributed by atoms with Gasteiger partial charge in [-0.25, -0.2) is 0 Å². The van der Waals surface area contributed by atoms with E-state index in [1.165, 1.54) is 22.3 Å². The van der Waals surface area contributed by atoms with Crippen LogP contribution in [0.1, 0.15) is 54.4 Å². The zero-order valence-corrected chi connectivity index (χ0v) is 20.1. The van der Waals surface area contributed by atoms with E-state index >= 15 is 0 Å². The van der Waals surface area contributed by atoms with Gasteiger partial charge in [0.2, 0.25) is 0 Å². The van der Waals surface area contributed by atoms with Gasteiger partial charge in [0.25, 0.3) is 10.1 Å². The number of benzene rings is 2. The summed E-state index contributed by atoms with van der Waals surface area (Å²) in [6, 6.07) is 15.4. The summed E-state index contributed by atoms with van der Waals surface area (Å²) in [5.74, 6) is 0.227. The molecule has 2 aromatic carbocycles. The van der Waals surface area contributed by atoms with Crippen LogP contribution < -0.4 is 11.1 Å². The Morgan fingerprint density at radius 3 is 2.58 bits per heavy atom. The molecule has 1 aliphatic carbocycles. The van der Waals surface area contributed by atoms with Gasteiger partial charge < -0.3 is 11.1 Å². The predicted octanol–water partition coefficient (Wildman–Crippen LogP) is 4.38. The largest absolute Gasteiger partial charge is 0.327 e. The molecule has 0 spiro atoms. The molecule has 1 aliphatic rings. The molecule has 2 atom stereocenters. The number of hydrogen-bond acceptors (Lipinski definition) is 4. The van der Waals surface area contributed by atoms with E-state index < -0.39 is 10.1 Å². The zero-order chi connectivity index (χ0) is 22.9. The first-order valence-electron chi connectivity index (χ1n) is 11.0. The molecule has 0 saturated carbocycles. The van der Waals surface area contributed by atoms with Crippen LogP contribution >= 0.6 is 11.6 Å². The third-order valence-electron chi connectivity index (χ3n) is 5.63. The fourth-order valence-electron chi connectivity index (χ4n) is 4.02. The van der Waals surface area contributed by atoms with Crippen molar-refractivity contribution in [3.05, 3.63) is 69.7 Å². The highest BCUT2D eigenvalue weighted by Gasteiger charge is 2.27. The van der Waals surface area contributed by atoms with Crippen LogP contribution in [-0.2, 0) is 29.4 Å². The quantitative estimate of drug-likeness (QED) is 0.396. The van der Waals surface area contributed by atoms with Crippen LogP contribution in [0.5, 0.6) is 0 Å². The summed E-state index contributed by atoms with van der Waals surface area (Å²) in [7, 11) is -1.67. The molecule has 0 aromatic heterocycles. The van der Waals surface area contributed by atoms with Crippen molar-refractivity contribution >= 4 is 21.7 Å². The zero-order valence-electron chi connectivity index (χ0n) is 18.5. The molecule has 4 N–H and O–H groups in total. The van der Waals surface area contributed by atoms with Crippen molar-refractivity contribution in [1.29, 1.82) is 0 Å². The summed E-state index contributed by atoms with van der Waals surface area (Å²) >= 11 is 6.39. The number of aryl methyl sites for hydroxylation is 2. The minimum absolute atomic E-state index is 0.132. The molecular weight excluding hydrogens is 432 g/mol. The van der Waals surface area contributed by atoms with E-state index in [0.29, 0.717) is 12.3 Å². The number of rotatable bonds is 8. The van der Waals surface area contributed by atoms with Crippen molar-refractivity contribution < 1.29 is 13.0 Å². The predicted molar refractivity (Wildman–Crippen MR) is 130 cm³/mol. The molecule has 0 heterocycles. The number of halogens is 1. The molecule has 2 unspecified atom stereocenters. The molecule has 0 amide bonds. The van der Waals surface area contributed by atoms with Gasteiger partial charge in [-0.05, 0) is 80.4 Å². The second-order valence-electron chi connectivity index (χ2n) is 8.13. The first-order valence-corrected chi connectivity index (χ1v) is 12.9. The van der Waals surface area contributed by atoms with Gasteiger partial charge in [-0.2, -0.15) is 8.42 Å². The minimum atomic E-state index is -3.67.